The zero-order valence-corrected chi connectivity index (χ0v) is 11.0. The molecule has 0 saturated carbocycles. The molecule has 0 aliphatic rings. The number of rotatable bonds is 3. The van der Waals surface area contributed by atoms with Crippen LogP contribution in [0.2, 0.25) is 5.15 Å². The van der Waals surface area contributed by atoms with E-state index in [0.717, 1.165) is 0 Å². The van der Waals surface area contributed by atoms with Crippen LogP contribution in [0.1, 0.15) is 10.4 Å². The first-order chi connectivity index (χ1) is 9.56. The van der Waals surface area contributed by atoms with Gasteiger partial charge in [0, 0.05) is 17.6 Å². The number of nitrogens with zero attached hydrogens (tertiary/aromatic N) is 1. The standard InChI is InChI=1S/C13H11ClN4O2/c14-11-10(2-1-7-16-11)12(19)17-8-3-5-9(6-4-8)18-13(15)20/h1-7H,(H,17,19)(H3,15,18,20). The van der Waals surface area contributed by atoms with E-state index < -0.39 is 6.03 Å². The molecule has 2 aromatic rings. The predicted molar refractivity (Wildman–Crippen MR) is 76.8 cm³/mol. The lowest BCUT2D eigenvalue weighted by Crippen LogP contribution is -2.19. The molecule has 3 amide bonds. The highest BCUT2D eigenvalue weighted by Gasteiger charge is 2.10. The van der Waals surface area contributed by atoms with Crippen LogP contribution in [0.25, 0.3) is 0 Å². The Morgan fingerprint density at radius 2 is 1.65 bits per heavy atom. The van der Waals surface area contributed by atoms with E-state index in [1.807, 2.05) is 0 Å². The van der Waals surface area contributed by atoms with Crippen molar-refractivity contribution in [2.45, 2.75) is 0 Å². The number of halogens is 1. The molecule has 0 aliphatic heterocycles. The van der Waals surface area contributed by atoms with Crippen molar-refractivity contribution < 1.29 is 9.59 Å². The van der Waals surface area contributed by atoms with Crippen molar-refractivity contribution in [1.82, 2.24) is 4.98 Å². The van der Waals surface area contributed by atoms with Crippen molar-refractivity contribution in [1.29, 1.82) is 0 Å². The van der Waals surface area contributed by atoms with Crippen LogP contribution in [0, 0.1) is 0 Å². The summed E-state index contributed by atoms with van der Waals surface area (Å²) in [6, 6.07) is 9.05. The first-order valence-electron chi connectivity index (χ1n) is 5.64. The number of amides is 3. The summed E-state index contributed by atoms with van der Waals surface area (Å²) in [4.78, 5) is 26.5. The molecular formula is C13H11ClN4O2. The first kappa shape index (κ1) is 13.8. The molecule has 4 N–H and O–H groups in total. The Morgan fingerprint density at radius 3 is 2.20 bits per heavy atom. The molecule has 1 heterocycles. The van der Waals surface area contributed by atoms with Gasteiger partial charge in [0.2, 0.25) is 0 Å². The smallest absolute Gasteiger partial charge is 0.316 e. The van der Waals surface area contributed by atoms with Crippen LogP contribution in [-0.4, -0.2) is 16.9 Å². The van der Waals surface area contributed by atoms with Gasteiger partial charge in [0.25, 0.3) is 5.91 Å². The second-order valence-corrected chi connectivity index (χ2v) is 4.22. The van der Waals surface area contributed by atoms with Gasteiger partial charge in [0.15, 0.2) is 0 Å². The average Bonchev–Trinajstić information content (AvgIpc) is 2.41. The molecule has 0 bridgehead atoms. The second kappa shape index (κ2) is 6.03. The van der Waals surface area contributed by atoms with E-state index in [1.54, 1.807) is 36.4 Å². The zero-order valence-electron chi connectivity index (χ0n) is 10.3. The molecule has 0 radical (unpaired) electrons. The number of nitrogens with one attached hydrogen (secondary N) is 2. The summed E-state index contributed by atoms with van der Waals surface area (Å²) in [5.41, 5.74) is 6.38. The molecule has 0 atom stereocenters. The third kappa shape index (κ3) is 3.46. The summed E-state index contributed by atoms with van der Waals surface area (Å²) < 4.78 is 0. The number of anilines is 2. The molecule has 0 saturated heterocycles. The van der Waals surface area contributed by atoms with E-state index in [1.165, 1.54) is 6.20 Å². The lowest BCUT2D eigenvalue weighted by Gasteiger charge is -2.07. The Morgan fingerprint density at radius 1 is 1.05 bits per heavy atom. The summed E-state index contributed by atoms with van der Waals surface area (Å²) in [6.45, 7) is 0. The summed E-state index contributed by atoms with van der Waals surface area (Å²) in [5, 5.41) is 5.23. The Kier molecular flexibility index (Phi) is 4.17. The zero-order chi connectivity index (χ0) is 14.5. The number of carbonyl (C=O) groups is 2. The Bertz CT molecular complexity index is 643. The normalized spacial score (nSPS) is 9.85. The molecule has 20 heavy (non-hydrogen) atoms. The van der Waals surface area contributed by atoms with Gasteiger partial charge in [0.05, 0.1) is 5.56 Å². The maximum Gasteiger partial charge on any atom is 0.316 e. The average molecular weight is 291 g/mol. The van der Waals surface area contributed by atoms with Gasteiger partial charge in [-0.1, -0.05) is 11.6 Å². The minimum Gasteiger partial charge on any atom is -0.351 e. The number of primary amides is 1. The van der Waals surface area contributed by atoms with E-state index in [4.69, 9.17) is 17.3 Å². The molecule has 102 valence electrons. The van der Waals surface area contributed by atoms with Crippen molar-refractivity contribution in [3.05, 3.63) is 53.3 Å². The number of benzene rings is 1. The van der Waals surface area contributed by atoms with Crippen molar-refractivity contribution >= 4 is 34.9 Å². The molecule has 1 aromatic carbocycles. The Balaban J connectivity index is 2.09. The first-order valence-corrected chi connectivity index (χ1v) is 6.02. The van der Waals surface area contributed by atoms with Gasteiger partial charge in [0.1, 0.15) is 5.15 Å². The minimum atomic E-state index is -0.649. The molecular weight excluding hydrogens is 280 g/mol. The van der Waals surface area contributed by atoms with Crippen molar-refractivity contribution in [2.24, 2.45) is 5.73 Å². The Labute approximate surface area is 120 Å². The maximum atomic E-state index is 12.0. The van der Waals surface area contributed by atoms with E-state index in [9.17, 15) is 9.59 Å². The van der Waals surface area contributed by atoms with Crippen LogP contribution in [0.4, 0.5) is 16.2 Å². The lowest BCUT2D eigenvalue weighted by atomic mass is 10.2. The lowest BCUT2D eigenvalue weighted by molar-refractivity contribution is 0.102. The van der Waals surface area contributed by atoms with Gasteiger partial charge in [-0.2, -0.15) is 0 Å². The van der Waals surface area contributed by atoms with Crippen molar-refractivity contribution in [3.8, 4) is 0 Å². The highest BCUT2D eigenvalue weighted by molar-refractivity contribution is 6.33. The summed E-state index contributed by atoms with van der Waals surface area (Å²) >= 11 is 5.83. The van der Waals surface area contributed by atoms with Crippen LogP contribution in [0.15, 0.2) is 42.6 Å². The maximum absolute atomic E-state index is 12.0. The molecule has 7 heteroatoms. The minimum absolute atomic E-state index is 0.136. The van der Waals surface area contributed by atoms with E-state index in [2.05, 4.69) is 15.6 Å². The second-order valence-electron chi connectivity index (χ2n) is 3.86. The number of urea groups is 1. The molecule has 0 fully saturated rings. The van der Waals surface area contributed by atoms with Crippen LogP contribution >= 0.6 is 11.6 Å². The van der Waals surface area contributed by atoms with Crippen LogP contribution in [-0.2, 0) is 0 Å². The summed E-state index contributed by atoms with van der Waals surface area (Å²) in [5.74, 6) is -0.362. The van der Waals surface area contributed by atoms with Crippen LogP contribution in [0.5, 0.6) is 0 Å². The molecule has 0 unspecified atom stereocenters. The SMILES string of the molecule is NC(=O)Nc1ccc(NC(=O)c2cccnc2Cl)cc1. The van der Waals surface area contributed by atoms with Gasteiger partial charge in [-0.05, 0) is 36.4 Å². The fraction of sp³-hybridized carbons (Fsp3) is 0. The van der Waals surface area contributed by atoms with Crippen molar-refractivity contribution in [2.75, 3.05) is 10.6 Å². The van der Waals surface area contributed by atoms with Gasteiger partial charge < -0.3 is 16.4 Å². The van der Waals surface area contributed by atoms with Gasteiger partial charge >= 0.3 is 6.03 Å². The van der Waals surface area contributed by atoms with Crippen LogP contribution < -0.4 is 16.4 Å². The van der Waals surface area contributed by atoms with Crippen LogP contribution in [0.3, 0.4) is 0 Å². The number of pyridine rings is 1. The summed E-state index contributed by atoms with van der Waals surface area (Å²) in [7, 11) is 0. The highest BCUT2D eigenvalue weighted by Crippen LogP contribution is 2.17. The van der Waals surface area contributed by atoms with Gasteiger partial charge in [-0.3, -0.25) is 4.79 Å². The predicted octanol–water partition coefficient (Wildman–Crippen LogP) is 2.48. The monoisotopic (exact) mass is 290 g/mol. The van der Waals surface area contributed by atoms with Crippen molar-refractivity contribution in [3.63, 3.8) is 0 Å². The number of hydrogen-bond donors (Lipinski definition) is 3. The number of hydrogen-bond acceptors (Lipinski definition) is 3. The van der Waals surface area contributed by atoms with E-state index in [-0.39, 0.29) is 16.6 Å². The number of nitrogens with two attached hydrogens (primary N) is 1. The largest absolute Gasteiger partial charge is 0.351 e. The number of aromatic nitrogens is 1. The molecule has 1 aromatic heterocycles. The molecule has 0 aliphatic carbocycles. The number of carbonyl (C=O) groups excluding carboxylic acids is 2. The fourth-order valence-electron chi connectivity index (χ4n) is 1.53. The van der Waals surface area contributed by atoms with Gasteiger partial charge in [-0.15, -0.1) is 0 Å². The highest BCUT2D eigenvalue weighted by atomic mass is 35.5. The van der Waals surface area contributed by atoms with Gasteiger partial charge in [-0.25, -0.2) is 9.78 Å². The fourth-order valence-corrected chi connectivity index (χ4v) is 1.74. The molecule has 2 rings (SSSR count). The van der Waals surface area contributed by atoms with E-state index in [0.29, 0.717) is 11.4 Å². The summed E-state index contributed by atoms with van der Waals surface area (Å²) in [6.07, 6.45) is 1.50. The van der Waals surface area contributed by atoms with E-state index >= 15 is 0 Å². The third-order valence-corrected chi connectivity index (χ3v) is 2.72. The molecule has 6 nitrogen and oxygen atoms in total. The molecule has 0 spiro atoms. The Hall–Kier alpha value is -2.60. The third-order valence-electron chi connectivity index (χ3n) is 2.41. The topological polar surface area (TPSA) is 97.1 Å². The quantitative estimate of drug-likeness (QED) is 0.757.